The number of nitrogens with zero attached hydrogens (tertiary/aromatic N) is 1. The minimum atomic E-state index is -1.11. The van der Waals surface area contributed by atoms with Gasteiger partial charge in [0.1, 0.15) is 18.7 Å². The highest BCUT2D eigenvalue weighted by molar-refractivity contribution is 5.90. The summed E-state index contributed by atoms with van der Waals surface area (Å²) in [5, 5.41) is 12.4. The summed E-state index contributed by atoms with van der Waals surface area (Å²) in [6.45, 7) is 0.296. The lowest BCUT2D eigenvalue weighted by molar-refractivity contribution is -0.142. The number of carboxylic acids is 1. The predicted molar refractivity (Wildman–Crippen MR) is 130 cm³/mol. The third-order valence-electron chi connectivity index (χ3n) is 6.17. The molecule has 2 N–H and O–H groups in total. The monoisotopic (exact) mass is 472 g/mol. The molecule has 0 aromatic heterocycles. The van der Waals surface area contributed by atoms with Crippen molar-refractivity contribution in [2.45, 2.75) is 44.5 Å². The molecule has 0 fully saturated rings. The quantitative estimate of drug-likeness (QED) is 0.518. The lowest BCUT2D eigenvalue weighted by atomic mass is 9.93. The van der Waals surface area contributed by atoms with Crippen LogP contribution in [0.25, 0.3) is 0 Å². The first-order valence-electron chi connectivity index (χ1n) is 11.6. The van der Waals surface area contributed by atoms with E-state index in [0.717, 1.165) is 22.3 Å². The van der Waals surface area contributed by atoms with Gasteiger partial charge in [-0.05, 0) is 35.1 Å². The van der Waals surface area contributed by atoms with E-state index >= 15 is 0 Å². The maximum Gasteiger partial charge on any atom is 0.411 e. The highest BCUT2D eigenvalue weighted by Gasteiger charge is 2.37. The fraction of sp³-hybridized carbons (Fsp3) is 0.250. The molecule has 1 aliphatic heterocycles. The molecule has 0 bridgehead atoms. The van der Waals surface area contributed by atoms with E-state index in [9.17, 15) is 19.5 Å². The number of hydrogen-bond acceptors (Lipinski definition) is 4. The average molecular weight is 473 g/mol. The van der Waals surface area contributed by atoms with Crippen molar-refractivity contribution in [1.82, 2.24) is 10.2 Å². The molecule has 0 aliphatic carbocycles. The van der Waals surface area contributed by atoms with Crippen LogP contribution in [0, 0.1) is 0 Å². The minimum absolute atomic E-state index is 0.0843. The normalized spacial score (nSPS) is 15.5. The van der Waals surface area contributed by atoms with Gasteiger partial charge in [0.25, 0.3) is 0 Å². The van der Waals surface area contributed by atoms with Crippen LogP contribution in [0.2, 0.25) is 0 Å². The first kappa shape index (κ1) is 24.0. The lowest BCUT2D eigenvalue weighted by Crippen LogP contribution is -2.55. The second-order valence-electron chi connectivity index (χ2n) is 8.58. The predicted octanol–water partition coefficient (Wildman–Crippen LogP) is 3.95. The molecular weight excluding hydrogens is 444 g/mol. The van der Waals surface area contributed by atoms with E-state index in [2.05, 4.69) is 5.32 Å². The third-order valence-corrected chi connectivity index (χ3v) is 6.17. The highest BCUT2D eigenvalue weighted by Crippen LogP contribution is 2.25. The number of benzene rings is 3. The Balaban J connectivity index is 1.47. The van der Waals surface area contributed by atoms with Crippen molar-refractivity contribution in [3.63, 3.8) is 0 Å². The zero-order chi connectivity index (χ0) is 24.6. The van der Waals surface area contributed by atoms with Gasteiger partial charge in [-0.25, -0.2) is 9.59 Å². The van der Waals surface area contributed by atoms with E-state index in [1.807, 2.05) is 84.9 Å². The van der Waals surface area contributed by atoms with Crippen LogP contribution in [-0.4, -0.2) is 40.1 Å². The molecule has 7 nitrogen and oxygen atoms in total. The molecular formula is C28H28N2O5. The molecule has 7 heteroatoms. The Hall–Kier alpha value is -4.13. The van der Waals surface area contributed by atoms with Crippen molar-refractivity contribution in [2.75, 3.05) is 0 Å². The van der Waals surface area contributed by atoms with Crippen LogP contribution in [0.5, 0.6) is 0 Å². The fourth-order valence-electron chi connectivity index (χ4n) is 4.23. The second kappa shape index (κ2) is 11.3. The zero-order valence-corrected chi connectivity index (χ0v) is 19.3. The van der Waals surface area contributed by atoms with Crippen LogP contribution >= 0.6 is 0 Å². The topological polar surface area (TPSA) is 95.9 Å². The molecule has 180 valence electrons. The Morgan fingerprint density at radius 1 is 0.886 bits per heavy atom. The Morgan fingerprint density at radius 3 is 2.14 bits per heavy atom. The molecule has 4 rings (SSSR count). The average Bonchev–Trinajstić information content (AvgIpc) is 2.89. The van der Waals surface area contributed by atoms with Crippen molar-refractivity contribution >= 4 is 18.0 Å². The summed E-state index contributed by atoms with van der Waals surface area (Å²) >= 11 is 0. The molecule has 0 saturated heterocycles. The molecule has 0 unspecified atom stereocenters. The zero-order valence-electron chi connectivity index (χ0n) is 19.3. The van der Waals surface area contributed by atoms with Crippen LogP contribution in [0.15, 0.2) is 84.9 Å². The first-order chi connectivity index (χ1) is 17.0. The highest BCUT2D eigenvalue weighted by atomic mass is 16.6. The van der Waals surface area contributed by atoms with Crippen molar-refractivity contribution in [3.8, 4) is 0 Å². The number of aryl methyl sites for hydroxylation is 1. The number of amides is 2. The lowest BCUT2D eigenvalue weighted by Gasteiger charge is -2.35. The number of hydrogen-bond donors (Lipinski definition) is 2. The van der Waals surface area contributed by atoms with E-state index in [1.165, 1.54) is 4.90 Å². The number of ether oxygens (including phenoxy) is 1. The number of rotatable bonds is 8. The minimum Gasteiger partial charge on any atom is -0.480 e. The van der Waals surface area contributed by atoms with Crippen molar-refractivity contribution in [3.05, 3.63) is 107 Å². The van der Waals surface area contributed by atoms with Gasteiger partial charge in [0.05, 0.1) is 6.54 Å². The smallest absolute Gasteiger partial charge is 0.411 e. The first-order valence-corrected chi connectivity index (χ1v) is 11.6. The Labute approximate surface area is 204 Å². The summed E-state index contributed by atoms with van der Waals surface area (Å²) < 4.78 is 5.51. The summed E-state index contributed by atoms with van der Waals surface area (Å²) in [7, 11) is 0. The summed E-state index contributed by atoms with van der Waals surface area (Å²) in [6.07, 6.45) is 0.425. The standard InChI is InChI=1S/C28H28N2O5/c31-26(29-24(27(32)33)16-15-20-9-3-1-4-10-20)25-17-22-13-7-8-14-23(22)18-30(25)28(34)35-19-21-11-5-2-6-12-21/h1-14,24-25H,15-19H2,(H,29,31)(H,32,33)/t24-,25+/m1/s1. The number of aliphatic carboxylic acids is 1. The Morgan fingerprint density at radius 2 is 1.49 bits per heavy atom. The van der Waals surface area contributed by atoms with E-state index < -0.39 is 30.1 Å². The molecule has 1 heterocycles. The van der Waals surface area contributed by atoms with E-state index in [1.54, 1.807) is 0 Å². The third kappa shape index (κ3) is 6.26. The fourth-order valence-corrected chi connectivity index (χ4v) is 4.23. The summed E-state index contributed by atoms with van der Waals surface area (Å²) in [5.74, 6) is -1.61. The van der Waals surface area contributed by atoms with Gasteiger partial charge >= 0.3 is 12.1 Å². The number of carboxylic acid groups (broad SMARTS) is 1. The van der Waals surface area contributed by atoms with E-state index in [-0.39, 0.29) is 26.0 Å². The van der Waals surface area contributed by atoms with Gasteiger partial charge in [-0.2, -0.15) is 0 Å². The Bertz CT molecular complexity index is 1170. The molecule has 0 radical (unpaired) electrons. The molecule has 2 atom stereocenters. The van der Waals surface area contributed by atoms with Gasteiger partial charge in [-0.1, -0.05) is 84.9 Å². The van der Waals surface area contributed by atoms with Crippen molar-refractivity contribution in [1.29, 1.82) is 0 Å². The molecule has 0 saturated carbocycles. The SMILES string of the molecule is O=C(O)[C@@H](CCc1ccccc1)NC(=O)[C@@H]1Cc2ccccc2CN1C(=O)OCc1ccccc1. The maximum atomic E-state index is 13.3. The molecule has 3 aromatic carbocycles. The molecule has 1 aliphatic rings. The second-order valence-corrected chi connectivity index (χ2v) is 8.58. The Kier molecular flexibility index (Phi) is 7.77. The number of carbonyl (C=O) groups excluding carboxylic acids is 2. The van der Waals surface area contributed by atoms with Crippen LogP contribution in [0.1, 0.15) is 28.7 Å². The molecule has 2 amide bonds. The van der Waals surface area contributed by atoms with Gasteiger partial charge in [-0.15, -0.1) is 0 Å². The van der Waals surface area contributed by atoms with E-state index in [0.29, 0.717) is 6.42 Å². The maximum absolute atomic E-state index is 13.3. The summed E-state index contributed by atoms with van der Waals surface area (Å²) in [5.41, 5.74) is 3.72. The van der Waals surface area contributed by atoms with Crippen LogP contribution in [0.4, 0.5) is 4.79 Å². The number of nitrogens with one attached hydrogen (secondary N) is 1. The van der Waals surface area contributed by atoms with Crippen LogP contribution in [-0.2, 0) is 40.3 Å². The van der Waals surface area contributed by atoms with Gasteiger partial charge < -0.3 is 15.2 Å². The number of carbonyl (C=O) groups is 3. The van der Waals surface area contributed by atoms with Gasteiger partial charge in [0, 0.05) is 6.42 Å². The van der Waals surface area contributed by atoms with E-state index in [4.69, 9.17) is 4.74 Å². The van der Waals surface area contributed by atoms with Crippen LogP contribution < -0.4 is 5.32 Å². The van der Waals surface area contributed by atoms with Crippen LogP contribution in [0.3, 0.4) is 0 Å². The van der Waals surface area contributed by atoms with Gasteiger partial charge in [-0.3, -0.25) is 9.69 Å². The van der Waals surface area contributed by atoms with Gasteiger partial charge in [0.2, 0.25) is 5.91 Å². The van der Waals surface area contributed by atoms with Gasteiger partial charge in [0.15, 0.2) is 0 Å². The molecule has 3 aromatic rings. The largest absolute Gasteiger partial charge is 0.480 e. The molecule has 0 spiro atoms. The summed E-state index contributed by atoms with van der Waals surface area (Å²) in [4.78, 5) is 39.6. The summed E-state index contributed by atoms with van der Waals surface area (Å²) in [6, 6.07) is 24.5. The van der Waals surface area contributed by atoms with Crippen molar-refractivity contribution < 1.29 is 24.2 Å². The van der Waals surface area contributed by atoms with Crippen molar-refractivity contribution in [2.24, 2.45) is 0 Å². The number of fused-ring (bicyclic) bond motifs is 1. The molecule has 35 heavy (non-hydrogen) atoms.